The monoisotopic (exact) mass is 501 g/mol. The summed E-state index contributed by atoms with van der Waals surface area (Å²) in [5.74, 6) is -2.50. The molecular weight excluding hydrogens is 480 g/mol. The highest BCUT2D eigenvalue weighted by molar-refractivity contribution is 7.99. The van der Waals surface area contributed by atoms with Gasteiger partial charge in [-0.25, -0.2) is 13.6 Å². The molecule has 1 aliphatic rings. The highest BCUT2D eigenvalue weighted by atomic mass is 35.5. The molecule has 2 aromatic carbocycles. The van der Waals surface area contributed by atoms with E-state index in [1.807, 2.05) is 15.4 Å². The van der Waals surface area contributed by atoms with Crippen molar-refractivity contribution in [1.82, 2.24) is 14.3 Å². The van der Waals surface area contributed by atoms with Crippen LogP contribution in [0.2, 0.25) is 5.02 Å². The maximum absolute atomic E-state index is 15.5. The van der Waals surface area contributed by atoms with E-state index in [1.165, 1.54) is 18.2 Å². The van der Waals surface area contributed by atoms with Crippen LogP contribution in [0.5, 0.6) is 0 Å². The smallest absolute Gasteiger partial charge is 0.338 e. The Bertz CT molecular complexity index is 1410. The topological polar surface area (TPSA) is 60.0 Å². The van der Waals surface area contributed by atoms with Crippen molar-refractivity contribution in [3.63, 3.8) is 0 Å². The number of carboxylic acid groups (broad SMARTS) is 1. The number of hydrogen-bond donors (Lipinski definition) is 1. The summed E-state index contributed by atoms with van der Waals surface area (Å²) in [7, 11) is 0. The second-order valence-corrected chi connectivity index (χ2v) is 9.88. The van der Waals surface area contributed by atoms with Gasteiger partial charge in [-0.3, -0.25) is 4.68 Å². The maximum Gasteiger partial charge on any atom is 0.338 e. The van der Waals surface area contributed by atoms with E-state index < -0.39 is 23.2 Å². The summed E-state index contributed by atoms with van der Waals surface area (Å²) in [6.07, 6.45) is 7.47. The van der Waals surface area contributed by atoms with E-state index in [-0.39, 0.29) is 15.8 Å². The fourth-order valence-electron chi connectivity index (χ4n) is 4.18. The van der Waals surface area contributed by atoms with E-state index in [4.69, 9.17) is 11.6 Å². The van der Waals surface area contributed by atoms with Crippen LogP contribution in [0.1, 0.15) is 54.6 Å². The Morgan fingerprint density at radius 2 is 2.03 bits per heavy atom. The molecule has 5 rings (SSSR count). The Labute approximate surface area is 204 Å². The first-order chi connectivity index (χ1) is 16.4. The zero-order valence-electron chi connectivity index (χ0n) is 18.4. The maximum atomic E-state index is 15.5. The van der Waals surface area contributed by atoms with Gasteiger partial charge in [0.25, 0.3) is 0 Å². The molecular formula is C25H22ClF2N3O2S. The largest absolute Gasteiger partial charge is 0.478 e. The lowest BCUT2D eigenvalue weighted by molar-refractivity contribution is 0.0691. The normalized spacial score (nSPS) is 13.6. The molecule has 0 atom stereocenters. The number of aromatic nitrogens is 3. The second-order valence-electron chi connectivity index (χ2n) is 8.42. The zero-order chi connectivity index (χ0) is 24.0. The van der Waals surface area contributed by atoms with Gasteiger partial charge in [-0.2, -0.15) is 5.10 Å². The van der Waals surface area contributed by atoms with E-state index >= 15 is 8.78 Å². The van der Waals surface area contributed by atoms with Crippen molar-refractivity contribution in [2.45, 2.75) is 54.9 Å². The number of benzene rings is 2. The van der Waals surface area contributed by atoms with Crippen molar-refractivity contribution >= 4 is 40.2 Å². The molecule has 0 spiro atoms. The van der Waals surface area contributed by atoms with Crippen LogP contribution in [0, 0.1) is 11.6 Å². The van der Waals surface area contributed by atoms with Crippen molar-refractivity contribution < 1.29 is 18.7 Å². The first-order valence-corrected chi connectivity index (χ1v) is 12.3. The summed E-state index contributed by atoms with van der Waals surface area (Å²) < 4.78 is 34.2. The summed E-state index contributed by atoms with van der Waals surface area (Å²) in [5.41, 5.74) is 1.52. The van der Waals surface area contributed by atoms with E-state index in [0.717, 1.165) is 55.4 Å². The molecule has 2 aromatic heterocycles. The standard InChI is InChI=1S/C25H22ClF2N3O2S/c1-2-3-11-30-13-15(12-29-30)31-22(14-7-8-14)24(17-9-10-18(26)21(28)23(17)31)34-19-6-4-5-16(20(19)27)25(32)33/h4-6,9-10,12-14H,2-3,7-8,11H2,1H3,(H,32,33). The number of halogens is 3. The zero-order valence-corrected chi connectivity index (χ0v) is 20.0. The van der Waals surface area contributed by atoms with E-state index in [1.54, 1.807) is 18.3 Å². The predicted octanol–water partition coefficient (Wildman–Crippen LogP) is 7.29. The Morgan fingerprint density at radius 1 is 1.24 bits per heavy atom. The molecule has 0 bridgehead atoms. The Kier molecular flexibility index (Phi) is 6.12. The minimum Gasteiger partial charge on any atom is -0.478 e. The third-order valence-corrected chi connectivity index (χ3v) is 7.46. The fourth-order valence-corrected chi connectivity index (χ4v) is 5.53. The van der Waals surface area contributed by atoms with Gasteiger partial charge in [-0.15, -0.1) is 0 Å². The fraction of sp³-hybridized carbons (Fsp3) is 0.280. The SMILES string of the molecule is CCCCn1cc(-n2c(C3CC3)c(Sc3cccc(C(=O)O)c3F)c3ccc(Cl)c(F)c32)cn1. The highest BCUT2D eigenvalue weighted by Gasteiger charge is 2.35. The Balaban J connectivity index is 1.73. The van der Waals surface area contributed by atoms with Crippen molar-refractivity contribution in [3.05, 3.63) is 70.6 Å². The first kappa shape index (κ1) is 22.9. The van der Waals surface area contributed by atoms with Crippen molar-refractivity contribution in [1.29, 1.82) is 0 Å². The van der Waals surface area contributed by atoms with E-state index in [0.29, 0.717) is 15.8 Å². The molecule has 9 heteroatoms. The summed E-state index contributed by atoms with van der Waals surface area (Å²) >= 11 is 7.30. The number of hydrogen-bond acceptors (Lipinski definition) is 3. The molecule has 34 heavy (non-hydrogen) atoms. The number of aryl methyl sites for hydroxylation is 1. The van der Waals surface area contributed by atoms with Gasteiger partial charge in [0.15, 0.2) is 11.6 Å². The summed E-state index contributed by atoms with van der Waals surface area (Å²) in [4.78, 5) is 12.3. The number of nitrogens with zero attached hydrogens (tertiary/aromatic N) is 3. The molecule has 2 heterocycles. The third-order valence-electron chi connectivity index (χ3n) is 6.00. The van der Waals surface area contributed by atoms with Crippen LogP contribution in [0.15, 0.2) is 52.5 Å². The molecule has 1 saturated carbocycles. The molecule has 0 saturated heterocycles. The van der Waals surface area contributed by atoms with E-state index in [9.17, 15) is 9.90 Å². The van der Waals surface area contributed by atoms with Gasteiger partial charge in [0.2, 0.25) is 0 Å². The van der Waals surface area contributed by atoms with Crippen molar-refractivity contribution in [2.75, 3.05) is 0 Å². The van der Waals surface area contributed by atoms with Gasteiger partial charge in [-0.1, -0.05) is 42.8 Å². The highest BCUT2D eigenvalue weighted by Crippen LogP contribution is 2.51. The van der Waals surface area contributed by atoms with Crippen LogP contribution in [0.4, 0.5) is 8.78 Å². The summed E-state index contributed by atoms with van der Waals surface area (Å²) in [5, 5.41) is 14.4. The van der Waals surface area contributed by atoms with Crippen LogP contribution in [-0.2, 0) is 6.54 Å². The quantitative estimate of drug-likeness (QED) is 0.275. The summed E-state index contributed by atoms with van der Waals surface area (Å²) in [6.45, 7) is 2.86. The second kappa shape index (κ2) is 9.07. The van der Waals surface area contributed by atoms with Crippen LogP contribution in [0.3, 0.4) is 0 Å². The van der Waals surface area contributed by atoms with Crippen LogP contribution in [-0.4, -0.2) is 25.4 Å². The number of rotatable bonds is 8. The Morgan fingerprint density at radius 3 is 2.74 bits per heavy atom. The molecule has 0 aliphatic heterocycles. The number of carbonyl (C=O) groups is 1. The van der Waals surface area contributed by atoms with Gasteiger partial charge in [0.05, 0.1) is 28.0 Å². The predicted molar refractivity (Wildman–Crippen MR) is 128 cm³/mol. The molecule has 5 nitrogen and oxygen atoms in total. The molecule has 0 radical (unpaired) electrons. The van der Waals surface area contributed by atoms with Gasteiger partial charge in [-0.05, 0) is 43.5 Å². The lowest BCUT2D eigenvalue weighted by Gasteiger charge is -2.11. The number of aromatic carboxylic acids is 1. The number of fused-ring (bicyclic) bond motifs is 1. The Hall–Kier alpha value is -2.84. The van der Waals surface area contributed by atoms with Crippen LogP contribution >= 0.6 is 23.4 Å². The van der Waals surface area contributed by atoms with Gasteiger partial charge < -0.3 is 9.67 Å². The first-order valence-electron chi connectivity index (χ1n) is 11.2. The molecule has 1 N–H and O–H groups in total. The van der Waals surface area contributed by atoms with Crippen LogP contribution < -0.4 is 0 Å². The molecule has 0 unspecified atom stereocenters. The van der Waals surface area contributed by atoms with Crippen LogP contribution in [0.25, 0.3) is 16.6 Å². The number of unbranched alkanes of at least 4 members (excludes halogenated alkanes) is 1. The van der Waals surface area contributed by atoms with E-state index in [2.05, 4.69) is 12.0 Å². The summed E-state index contributed by atoms with van der Waals surface area (Å²) in [6, 6.07) is 7.53. The molecule has 1 fully saturated rings. The third kappa shape index (κ3) is 3.99. The average molecular weight is 502 g/mol. The van der Waals surface area contributed by atoms with Gasteiger partial charge >= 0.3 is 5.97 Å². The number of carboxylic acids is 1. The van der Waals surface area contributed by atoms with Crippen molar-refractivity contribution in [3.8, 4) is 5.69 Å². The molecule has 0 amide bonds. The lowest BCUT2D eigenvalue weighted by Crippen LogP contribution is -2.02. The molecule has 1 aliphatic carbocycles. The van der Waals surface area contributed by atoms with Crippen molar-refractivity contribution in [2.24, 2.45) is 0 Å². The minimum absolute atomic E-state index is 0.00239. The lowest BCUT2D eigenvalue weighted by atomic mass is 10.2. The molecule has 4 aromatic rings. The van der Waals surface area contributed by atoms with Gasteiger partial charge in [0.1, 0.15) is 0 Å². The van der Waals surface area contributed by atoms with Gasteiger partial charge in [0, 0.05) is 39.5 Å². The average Bonchev–Trinajstić information content (AvgIpc) is 3.45. The molecule has 176 valence electrons. The minimum atomic E-state index is -1.33.